The molecule has 0 heterocycles. The molecule has 0 saturated heterocycles. The van der Waals surface area contributed by atoms with Crippen molar-refractivity contribution in [3.8, 4) is 0 Å². The Hall–Kier alpha value is 0.309. The first-order chi connectivity index (χ1) is 6.29. The summed E-state index contributed by atoms with van der Waals surface area (Å²) in [6, 6.07) is 0. The van der Waals surface area contributed by atoms with Crippen LogP contribution in [0.5, 0.6) is 0 Å². The topological polar surface area (TPSA) is 35.5 Å². The van der Waals surface area contributed by atoms with Gasteiger partial charge in [-0.2, -0.15) is 0 Å². The van der Waals surface area contributed by atoms with Crippen molar-refractivity contribution < 1.29 is 86.1 Å². The molecule has 0 saturated carbocycles. The Morgan fingerprint density at radius 2 is 0.882 bits per heavy atom. The van der Waals surface area contributed by atoms with Crippen LogP contribution in [0.15, 0.2) is 0 Å². The second kappa shape index (κ2) is 2.60. The molecule has 0 aromatic rings. The van der Waals surface area contributed by atoms with Crippen molar-refractivity contribution in [2.75, 3.05) is 0 Å². The van der Waals surface area contributed by atoms with E-state index in [1.54, 1.807) is 0 Å². The maximum absolute atomic E-state index is 12.4. The van der Waals surface area contributed by atoms with E-state index in [0.717, 1.165) is 0 Å². The normalized spacial score (nSPS) is 23.6. The first-order valence-corrected chi connectivity index (χ1v) is 10.6. The number of hydrogen-bond acceptors (Lipinski definition) is 3. The van der Waals surface area contributed by atoms with Crippen LogP contribution in [0.3, 0.4) is 0 Å². The Morgan fingerprint density at radius 1 is 0.765 bits per heavy atom. The number of hydrogen-bond donors (Lipinski definition) is 0. The fourth-order valence-corrected chi connectivity index (χ4v) is 0.0491. The van der Waals surface area contributed by atoms with Crippen molar-refractivity contribution in [3.05, 3.63) is 0 Å². The molecule has 0 aliphatic rings. The Kier molecular flexibility index (Phi) is 3.01. The summed E-state index contributed by atoms with van der Waals surface area (Å²) in [4.78, 5) is 0. The van der Waals surface area contributed by atoms with Gasteiger partial charge in [-0.3, -0.25) is 0 Å². The summed E-state index contributed by atoms with van der Waals surface area (Å²) in [6.45, 7) is 0. The van der Waals surface area contributed by atoms with E-state index >= 15 is 0 Å². The van der Waals surface area contributed by atoms with Crippen molar-refractivity contribution >= 4 is 0 Å². The van der Waals surface area contributed by atoms with E-state index in [4.69, 9.17) is 3.32 Å². The summed E-state index contributed by atoms with van der Waals surface area (Å²) in [5.41, 5.74) is 0. The average molecular weight is 374 g/mol. The van der Waals surface area contributed by atoms with Gasteiger partial charge in [0.05, 0.1) is 0 Å². The fourth-order valence-electron chi connectivity index (χ4n) is 0.0119. The van der Waals surface area contributed by atoms with Crippen molar-refractivity contribution in [3.63, 3.8) is 0 Å². The van der Waals surface area contributed by atoms with Gasteiger partial charge in [-0.25, -0.2) is 0 Å². The minimum atomic E-state index is -12.4. The van der Waals surface area contributed by atoms with Gasteiger partial charge in [0.25, 0.3) is 0 Å². The minimum absolute atomic E-state index is 0. The van der Waals surface area contributed by atoms with E-state index < -0.39 is 32.9 Å². The summed E-state index contributed by atoms with van der Waals surface area (Å²) < 4.78 is 134. The molecule has 0 N–H and O–H groups in total. The molecule has 0 aromatic heterocycles. The zero-order chi connectivity index (χ0) is 15.2. The Bertz CT molecular complexity index is 391. The van der Waals surface area contributed by atoms with Crippen LogP contribution in [0.25, 0.3) is 0 Å². The van der Waals surface area contributed by atoms with Crippen LogP contribution in [-0.4, -0.2) is 0 Å². The van der Waals surface area contributed by atoms with Crippen molar-refractivity contribution in [1.29, 1.82) is 0 Å². The van der Waals surface area contributed by atoms with Gasteiger partial charge in [-0.1, -0.05) is 0 Å². The third kappa shape index (κ3) is 22.0. The number of halogens is 12. The maximum atomic E-state index is 11.0. The van der Waals surface area contributed by atoms with Crippen LogP contribution in [0.2, 0.25) is 0 Å². The molecule has 0 aliphatic carbocycles. The van der Waals surface area contributed by atoms with Crippen LogP contribution in [-0.2, 0) is 43.2 Å². The summed E-state index contributed by atoms with van der Waals surface area (Å²) in [5, 5.41) is 0. The second-order valence-electron chi connectivity index (χ2n) is 2.83. The van der Waals surface area contributed by atoms with Gasteiger partial charge in [0.15, 0.2) is 0 Å². The summed E-state index contributed by atoms with van der Waals surface area (Å²) in [7, 11) is 0. The predicted octanol–water partition coefficient (Wildman–Crippen LogP) is 5.01. The second-order valence-corrected chi connectivity index (χ2v) is 11.7. The van der Waals surface area contributed by atoms with E-state index in [0.29, 0.717) is 7.05 Å². The van der Waals surface area contributed by atoms with Gasteiger partial charge in [0, 0.05) is 0 Å². The molecule has 17 heavy (non-hydrogen) atoms. The van der Waals surface area contributed by atoms with E-state index in [1.165, 1.54) is 0 Å². The van der Waals surface area contributed by atoms with Crippen molar-refractivity contribution in [1.82, 2.24) is 0 Å². The van der Waals surface area contributed by atoms with Crippen LogP contribution in [0.1, 0.15) is 2.85 Å². The van der Waals surface area contributed by atoms with Crippen LogP contribution in [0.4, 0.5) is 40.0 Å². The quantitative estimate of drug-likeness (QED) is 0.504. The fraction of sp³-hybridized carbons (Fsp3) is 0. The van der Waals surface area contributed by atoms with Crippen LogP contribution < -0.4 is 0 Å². The van der Waals surface area contributed by atoms with Crippen molar-refractivity contribution in [2.24, 2.45) is 0 Å². The molecule has 0 amide bonds. The molecule has 0 aromatic carbocycles. The third-order valence-electron chi connectivity index (χ3n) is 0.359. The summed E-state index contributed by atoms with van der Waals surface area (Å²) in [5.74, 6) is 0. The molecular formula is H2F12O3Ti2. The number of rotatable bonds is 2. The Morgan fingerprint density at radius 3 is 0.882 bits per heavy atom. The molecule has 0 aliphatic heterocycles. The summed E-state index contributed by atoms with van der Waals surface area (Å²) >= 11 is -23.6. The van der Waals surface area contributed by atoms with E-state index in [9.17, 15) is 40.0 Å². The molecular weight excluding hydrogens is 372 g/mol. The molecule has 112 valence electrons. The zero-order valence-electron chi connectivity index (χ0n) is 8.76. The SMILES string of the molecule is [F][Ti-2]([F])([F])([F])([F])[F].[H+].[H+].[O]=[Ti]([F])([F])([F])([F])([O]F)[O]F. The summed E-state index contributed by atoms with van der Waals surface area (Å²) in [6.07, 6.45) is 0. The molecule has 0 fully saturated rings. The molecule has 0 spiro atoms. The Labute approximate surface area is 86.4 Å². The molecule has 17 heteroatoms. The average Bonchev–Trinajstić information content (AvgIpc) is 1.79. The van der Waals surface area contributed by atoms with Gasteiger partial charge < -0.3 is 0 Å². The van der Waals surface area contributed by atoms with E-state index in [-0.39, 0.29) is 2.85 Å². The first-order valence-electron chi connectivity index (χ1n) is 2.81. The van der Waals surface area contributed by atoms with Gasteiger partial charge >= 0.3 is 86.1 Å². The van der Waals surface area contributed by atoms with Crippen molar-refractivity contribution in [2.45, 2.75) is 0 Å². The zero-order valence-corrected chi connectivity index (χ0v) is 9.88. The molecule has 0 unspecified atom stereocenters. The third-order valence-corrected chi connectivity index (χ3v) is 1.48. The Balaban J connectivity index is -0.000000112. The molecule has 0 rings (SSSR count). The monoisotopic (exact) mass is 374 g/mol. The van der Waals surface area contributed by atoms with Gasteiger partial charge in [0.2, 0.25) is 0 Å². The van der Waals surface area contributed by atoms with Gasteiger partial charge in [-0.05, 0) is 0 Å². The van der Waals surface area contributed by atoms with Crippen LogP contribution in [0, 0.1) is 0 Å². The van der Waals surface area contributed by atoms with Gasteiger partial charge in [-0.15, -0.1) is 0 Å². The first kappa shape index (κ1) is 19.6. The molecule has 0 atom stereocenters. The molecule has 0 bridgehead atoms. The van der Waals surface area contributed by atoms with Gasteiger partial charge in [0.1, 0.15) is 0 Å². The van der Waals surface area contributed by atoms with Crippen LogP contribution >= 0.6 is 0 Å². The molecule has 0 radical (unpaired) electrons. The van der Waals surface area contributed by atoms with E-state index in [2.05, 4.69) is 0 Å². The van der Waals surface area contributed by atoms with E-state index in [1.807, 2.05) is 0 Å². The molecule has 3 nitrogen and oxygen atoms in total. The standard InChI is InChI=1S/2FO.10FH.O.2Ti/c2*1-2;;;;;;;;;;;;;/h;;10*1H;;;/q2*-1;;;;;;;;;;;;+4;+6/p-8. The predicted molar refractivity (Wildman–Crippen MR) is 18.4 cm³/mol.